The zero-order valence-electron chi connectivity index (χ0n) is 17.4. The van der Waals surface area contributed by atoms with Crippen molar-refractivity contribution in [3.63, 3.8) is 0 Å². The molecule has 0 bridgehead atoms. The molecule has 0 aliphatic carbocycles. The average Bonchev–Trinajstić information content (AvgIpc) is 2.66. The van der Waals surface area contributed by atoms with Gasteiger partial charge in [-0.1, -0.05) is 20.8 Å². The number of hydrogen-bond donors (Lipinski definition) is 3. The molecule has 0 radical (unpaired) electrons. The Bertz CT molecular complexity index is 1010. The molecule has 0 saturated heterocycles. The highest BCUT2D eigenvalue weighted by molar-refractivity contribution is 5.90. The summed E-state index contributed by atoms with van der Waals surface area (Å²) in [7, 11) is 0. The quantitative estimate of drug-likeness (QED) is 0.524. The Balaban J connectivity index is 2.03. The predicted molar refractivity (Wildman–Crippen MR) is 110 cm³/mol. The molecule has 162 valence electrons. The summed E-state index contributed by atoms with van der Waals surface area (Å²) in [5.41, 5.74) is 1.45. The Kier molecular flexibility index (Phi) is 7.57. The first kappa shape index (κ1) is 22.9. The summed E-state index contributed by atoms with van der Waals surface area (Å²) < 4.78 is 10.9. The molecule has 1 aromatic carbocycles. The molecule has 0 fully saturated rings. The number of aryl methyl sites for hydroxylation is 2. The number of carboxylic acids is 1. The molecule has 0 spiro atoms. The Morgan fingerprint density at radius 3 is 2.47 bits per heavy atom. The lowest BCUT2D eigenvalue weighted by molar-refractivity contribution is -0.143. The summed E-state index contributed by atoms with van der Waals surface area (Å²) in [5.74, 6) is -2.20. The molecule has 0 unspecified atom stereocenters. The lowest BCUT2D eigenvalue weighted by Gasteiger charge is -2.18. The van der Waals surface area contributed by atoms with Gasteiger partial charge >= 0.3 is 11.6 Å². The van der Waals surface area contributed by atoms with Crippen LogP contribution in [0.5, 0.6) is 5.75 Å². The number of ether oxygens (including phenoxy) is 1. The van der Waals surface area contributed by atoms with Gasteiger partial charge in [0.1, 0.15) is 17.4 Å². The van der Waals surface area contributed by atoms with Gasteiger partial charge in [0.25, 0.3) is 5.91 Å². The van der Waals surface area contributed by atoms with Crippen molar-refractivity contribution in [2.75, 3.05) is 13.2 Å². The fourth-order valence-electron chi connectivity index (χ4n) is 2.97. The third-order valence-electron chi connectivity index (χ3n) is 4.47. The number of aliphatic carboxylic acids is 1. The Labute approximate surface area is 173 Å². The van der Waals surface area contributed by atoms with Gasteiger partial charge in [0.15, 0.2) is 6.61 Å². The second-order valence-electron chi connectivity index (χ2n) is 7.27. The van der Waals surface area contributed by atoms with Gasteiger partial charge in [0.05, 0.1) is 11.9 Å². The number of carbonyl (C=O) groups is 3. The van der Waals surface area contributed by atoms with Crippen LogP contribution in [-0.2, 0) is 20.8 Å². The molecule has 1 heterocycles. The van der Waals surface area contributed by atoms with Gasteiger partial charge in [0.2, 0.25) is 5.91 Å². The smallest absolute Gasteiger partial charge is 0.336 e. The molecule has 0 aliphatic heterocycles. The van der Waals surface area contributed by atoms with Crippen LogP contribution in [0.3, 0.4) is 0 Å². The second-order valence-corrected chi connectivity index (χ2v) is 7.27. The summed E-state index contributed by atoms with van der Waals surface area (Å²) in [6.45, 7) is 6.31. The average molecular weight is 418 g/mol. The monoisotopic (exact) mass is 418 g/mol. The third-order valence-corrected chi connectivity index (χ3v) is 4.47. The summed E-state index contributed by atoms with van der Waals surface area (Å²) in [6.07, 6.45) is 0.578. The van der Waals surface area contributed by atoms with E-state index >= 15 is 0 Å². The molecule has 9 heteroatoms. The van der Waals surface area contributed by atoms with Gasteiger partial charge in [-0.2, -0.15) is 0 Å². The highest BCUT2D eigenvalue weighted by atomic mass is 16.5. The highest BCUT2D eigenvalue weighted by Gasteiger charge is 2.23. The van der Waals surface area contributed by atoms with E-state index in [0.717, 1.165) is 11.1 Å². The first-order valence-electron chi connectivity index (χ1n) is 9.61. The molecule has 1 atom stereocenters. The van der Waals surface area contributed by atoms with Gasteiger partial charge in [0, 0.05) is 6.07 Å². The van der Waals surface area contributed by atoms with Gasteiger partial charge in [-0.15, -0.1) is 0 Å². The van der Waals surface area contributed by atoms with E-state index in [0.29, 0.717) is 23.1 Å². The topological polar surface area (TPSA) is 135 Å². The normalized spacial score (nSPS) is 11.9. The van der Waals surface area contributed by atoms with Gasteiger partial charge in [-0.05, 0) is 42.5 Å². The van der Waals surface area contributed by atoms with E-state index in [2.05, 4.69) is 10.6 Å². The maximum absolute atomic E-state index is 12.1. The van der Waals surface area contributed by atoms with Crippen molar-refractivity contribution in [3.8, 4) is 5.75 Å². The van der Waals surface area contributed by atoms with Crippen LogP contribution in [0.4, 0.5) is 0 Å². The molecule has 1 aromatic heterocycles. The van der Waals surface area contributed by atoms with E-state index in [1.807, 2.05) is 13.8 Å². The van der Waals surface area contributed by atoms with Crippen molar-refractivity contribution < 1.29 is 28.6 Å². The summed E-state index contributed by atoms with van der Waals surface area (Å²) in [5, 5.41) is 14.5. The van der Waals surface area contributed by atoms with Crippen LogP contribution < -0.4 is 21.0 Å². The van der Waals surface area contributed by atoms with Crippen LogP contribution in [-0.4, -0.2) is 42.1 Å². The van der Waals surface area contributed by atoms with Crippen molar-refractivity contribution in [2.45, 2.75) is 40.2 Å². The van der Waals surface area contributed by atoms with Crippen molar-refractivity contribution in [1.82, 2.24) is 10.6 Å². The fourth-order valence-corrected chi connectivity index (χ4v) is 2.97. The van der Waals surface area contributed by atoms with Crippen LogP contribution in [0, 0.1) is 12.8 Å². The summed E-state index contributed by atoms with van der Waals surface area (Å²) in [4.78, 5) is 46.8. The SMILES string of the molecule is CCc1cc(=O)oc2cc(C)cc(OCC(=O)NCC(=O)N[C@H](C(=O)O)C(C)C)c12. The Hall–Kier alpha value is -3.36. The fraction of sp³-hybridized carbons (Fsp3) is 0.429. The Morgan fingerprint density at radius 2 is 1.87 bits per heavy atom. The molecule has 3 N–H and O–H groups in total. The molecular weight excluding hydrogens is 392 g/mol. The van der Waals surface area contributed by atoms with Crippen molar-refractivity contribution in [1.29, 1.82) is 0 Å². The standard InChI is InChI=1S/C21H26N2O7/c1-5-13-8-18(26)30-15-7-12(4)6-14(19(13)15)29-10-17(25)22-9-16(24)23-20(11(2)3)21(27)28/h6-8,11,20H,5,9-10H2,1-4H3,(H,22,25)(H,23,24)(H,27,28)/t20-/m0/s1. The maximum atomic E-state index is 12.1. The van der Waals surface area contributed by atoms with Crippen LogP contribution in [0.1, 0.15) is 31.9 Å². The molecule has 0 saturated carbocycles. The molecule has 2 rings (SSSR count). The van der Waals surface area contributed by atoms with Crippen LogP contribution in [0.15, 0.2) is 27.4 Å². The largest absolute Gasteiger partial charge is 0.483 e. The van der Waals surface area contributed by atoms with E-state index in [1.165, 1.54) is 6.07 Å². The molecular formula is C21H26N2O7. The van der Waals surface area contributed by atoms with Crippen LogP contribution >= 0.6 is 0 Å². The van der Waals surface area contributed by atoms with Gasteiger partial charge in [-0.25, -0.2) is 9.59 Å². The molecule has 0 aliphatic rings. The molecule has 2 amide bonds. The van der Waals surface area contributed by atoms with Crippen molar-refractivity contribution >= 4 is 28.8 Å². The third kappa shape index (κ3) is 5.82. The highest BCUT2D eigenvalue weighted by Crippen LogP contribution is 2.30. The number of rotatable bonds is 9. The maximum Gasteiger partial charge on any atom is 0.336 e. The Morgan fingerprint density at radius 1 is 1.17 bits per heavy atom. The zero-order valence-corrected chi connectivity index (χ0v) is 17.4. The zero-order chi connectivity index (χ0) is 22.4. The first-order valence-corrected chi connectivity index (χ1v) is 9.61. The minimum absolute atomic E-state index is 0.298. The molecule has 30 heavy (non-hydrogen) atoms. The minimum Gasteiger partial charge on any atom is -0.483 e. The van der Waals surface area contributed by atoms with E-state index in [1.54, 1.807) is 26.0 Å². The first-order chi connectivity index (χ1) is 14.1. The van der Waals surface area contributed by atoms with Gasteiger partial charge < -0.3 is 24.9 Å². The number of fused-ring (bicyclic) bond motifs is 1. The number of benzene rings is 1. The second kappa shape index (κ2) is 9.91. The van der Waals surface area contributed by atoms with Gasteiger partial charge in [-0.3, -0.25) is 9.59 Å². The number of carboxylic acid groups (broad SMARTS) is 1. The number of carbonyl (C=O) groups excluding carboxylic acids is 2. The summed E-state index contributed by atoms with van der Waals surface area (Å²) >= 11 is 0. The number of amides is 2. The number of hydrogen-bond acceptors (Lipinski definition) is 6. The predicted octanol–water partition coefficient (Wildman–Crippen LogP) is 1.38. The number of nitrogens with one attached hydrogen (secondary N) is 2. The van der Waals surface area contributed by atoms with Crippen LogP contribution in [0.25, 0.3) is 11.0 Å². The van der Waals surface area contributed by atoms with E-state index in [4.69, 9.17) is 14.3 Å². The van der Waals surface area contributed by atoms with Crippen LogP contribution in [0.2, 0.25) is 0 Å². The van der Waals surface area contributed by atoms with E-state index in [9.17, 15) is 19.2 Å². The van der Waals surface area contributed by atoms with Crippen molar-refractivity contribution in [2.24, 2.45) is 5.92 Å². The van der Waals surface area contributed by atoms with E-state index < -0.39 is 29.5 Å². The lowest BCUT2D eigenvalue weighted by Crippen LogP contribution is -2.48. The molecule has 2 aromatic rings. The summed E-state index contributed by atoms with van der Waals surface area (Å²) in [6, 6.07) is 3.82. The molecule has 9 nitrogen and oxygen atoms in total. The minimum atomic E-state index is -1.14. The van der Waals surface area contributed by atoms with Crippen molar-refractivity contribution in [3.05, 3.63) is 39.7 Å². The lowest BCUT2D eigenvalue weighted by atomic mass is 10.0. The van der Waals surface area contributed by atoms with E-state index in [-0.39, 0.29) is 19.1 Å².